The van der Waals surface area contributed by atoms with Crippen molar-refractivity contribution in [2.75, 3.05) is 5.32 Å². The van der Waals surface area contributed by atoms with Crippen LogP contribution in [0.5, 0.6) is 0 Å². The summed E-state index contributed by atoms with van der Waals surface area (Å²) < 4.78 is 0. The molecule has 180 valence electrons. The predicted molar refractivity (Wildman–Crippen MR) is 127 cm³/mol. The molecule has 3 rings (SSSR count). The molecule has 0 aromatic heterocycles. The van der Waals surface area contributed by atoms with Crippen molar-refractivity contribution in [1.29, 1.82) is 0 Å². The Hall–Kier alpha value is -4.80. The molecule has 2 atom stereocenters. The number of benzene rings is 3. The lowest BCUT2D eigenvalue weighted by molar-refractivity contribution is -0.393. The van der Waals surface area contributed by atoms with Crippen LogP contribution in [0.2, 0.25) is 0 Å². The number of non-ortho nitro benzene ring substituents is 1. The first-order valence-corrected chi connectivity index (χ1v) is 10.5. The van der Waals surface area contributed by atoms with Crippen LogP contribution in [0.1, 0.15) is 11.1 Å². The molecule has 0 saturated heterocycles. The molecule has 0 aliphatic rings. The van der Waals surface area contributed by atoms with Gasteiger partial charge in [-0.3, -0.25) is 25.0 Å². The van der Waals surface area contributed by atoms with Crippen molar-refractivity contribution in [2.45, 2.75) is 24.9 Å². The molecule has 3 aromatic rings. The van der Waals surface area contributed by atoms with Crippen LogP contribution in [0, 0.1) is 20.2 Å². The zero-order valence-corrected chi connectivity index (χ0v) is 18.4. The van der Waals surface area contributed by atoms with Gasteiger partial charge in [0.15, 0.2) is 0 Å². The van der Waals surface area contributed by atoms with Gasteiger partial charge < -0.3 is 15.7 Å². The Morgan fingerprint density at radius 3 is 1.83 bits per heavy atom. The highest BCUT2D eigenvalue weighted by Crippen LogP contribution is 2.30. The Morgan fingerprint density at radius 2 is 1.34 bits per heavy atom. The van der Waals surface area contributed by atoms with Gasteiger partial charge in [0.1, 0.15) is 17.8 Å². The molecule has 0 bridgehead atoms. The highest BCUT2D eigenvalue weighted by atomic mass is 16.6. The smallest absolute Gasteiger partial charge is 0.326 e. The maximum Gasteiger partial charge on any atom is 0.326 e. The summed E-state index contributed by atoms with van der Waals surface area (Å²) in [6.45, 7) is 0. The number of carboxylic acids is 1. The van der Waals surface area contributed by atoms with Gasteiger partial charge in [0.2, 0.25) is 5.91 Å². The number of amides is 1. The minimum absolute atomic E-state index is 0.0393. The summed E-state index contributed by atoms with van der Waals surface area (Å²) in [5.41, 5.74) is 0.272. The topological polar surface area (TPSA) is 165 Å². The fraction of sp³-hybridized carbons (Fsp3) is 0.167. The van der Waals surface area contributed by atoms with Crippen molar-refractivity contribution < 1.29 is 24.5 Å². The number of anilines is 1. The zero-order valence-electron chi connectivity index (χ0n) is 18.4. The summed E-state index contributed by atoms with van der Waals surface area (Å²) in [6.07, 6.45) is 0.121. The van der Waals surface area contributed by atoms with Crippen molar-refractivity contribution in [3.63, 3.8) is 0 Å². The number of nitrogens with zero attached hydrogens (tertiary/aromatic N) is 2. The first kappa shape index (κ1) is 24.8. The molecule has 3 N–H and O–H groups in total. The van der Waals surface area contributed by atoms with E-state index in [2.05, 4.69) is 10.6 Å². The quantitative estimate of drug-likeness (QED) is 0.279. The van der Waals surface area contributed by atoms with Gasteiger partial charge in [-0.05, 0) is 17.2 Å². The molecule has 0 aliphatic heterocycles. The maximum absolute atomic E-state index is 13.2. The van der Waals surface area contributed by atoms with E-state index < -0.39 is 45.2 Å². The van der Waals surface area contributed by atoms with E-state index in [4.69, 9.17) is 0 Å². The Labute approximate surface area is 199 Å². The summed E-state index contributed by atoms with van der Waals surface area (Å²) in [5.74, 6) is -1.92. The van der Waals surface area contributed by atoms with Gasteiger partial charge in [-0.1, -0.05) is 60.7 Å². The molecular formula is C24H22N4O7. The second-order valence-corrected chi connectivity index (χ2v) is 7.69. The van der Waals surface area contributed by atoms with E-state index in [1.165, 1.54) is 0 Å². The van der Waals surface area contributed by atoms with Crippen molar-refractivity contribution in [3.8, 4) is 0 Å². The lowest BCUT2D eigenvalue weighted by atomic mass is 10.0. The van der Waals surface area contributed by atoms with E-state index in [-0.39, 0.29) is 18.5 Å². The normalized spacial score (nSPS) is 12.2. The minimum Gasteiger partial charge on any atom is -0.480 e. The number of nitro benzene ring substituents is 2. The van der Waals surface area contributed by atoms with Crippen LogP contribution in [0.25, 0.3) is 0 Å². The highest BCUT2D eigenvalue weighted by molar-refractivity contribution is 5.89. The van der Waals surface area contributed by atoms with Crippen molar-refractivity contribution in [2.24, 2.45) is 0 Å². The number of nitro groups is 2. The predicted octanol–water partition coefficient (Wildman–Crippen LogP) is 3.34. The minimum atomic E-state index is -1.24. The van der Waals surface area contributed by atoms with Crippen LogP contribution in [0.3, 0.4) is 0 Å². The van der Waals surface area contributed by atoms with E-state index in [0.29, 0.717) is 5.56 Å². The molecule has 3 aromatic carbocycles. The standard InChI is InChI=1S/C24H22N4O7/c29-23(26-21(24(30)31)14-17-9-5-2-6-10-17)20(13-16-7-3-1-4-8-16)25-19-12-11-18(27(32)33)15-22(19)28(34)35/h1-12,15,20-21,25H,13-14H2,(H,26,29)(H,30,31). The SMILES string of the molecule is O=C(O)C(Cc1ccccc1)NC(=O)C(Cc1ccccc1)Nc1ccc([N+](=O)[O-])cc1[N+](=O)[O-]. The van der Waals surface area contributed by atoms with Gasteiger partial charge in [0.25, 0.3) is 11.4 Å². The van der Waals surface area contributed by atoms with Gasteiger partial charge in [0, 0.05) is 18.9 Å². The maximum atomic E-state index is 13.2. The van der Waals surface area contributed by atoms with Gasteiger partial charge in [0.05, 0.1) is 15.9 Å². The molecule has 0 heterocycles. The first-order chi connectivity index (χ1) is 16.7. The number of hydrogen-bond acceptors (Lipinski definition) is 7. The van der Waals surface area contributed by atoms with Crippen molar-refractivity contribution in [3.05, 3.63) is 110 Å². The third-order valence-corrected chi connectivity index (χ3v) is 5.21. The van der Waals surface area contributed by atoms with Crippen molar-refractivity contribution in [1.82, 2.24) is 5.32 Å². The lowest BCUT2D eigenvalue weighted by Crippen LogP contribution is -2.49. The number of rotatable bonds is 11. The van der Waals surface area contributed by atoms with Crippen LogP contribution in [0.4, 0.5) is 17.1 Å². The van der Waals surface area contributed by atoms with Crippen LogP contribution < -0.4 is 10.6 Å². The molecule has 11 heteroatoms. The fourth-order valence-electron chi connectivity index (χ4n) is 3.48. The molecule has 0 saturated carbocycles. The summed E-state index contributed by atoms with van der Waals surface area (Å²) in [7, 11) is 0. The average molecular weight is 478 g/mol. The van der Waals surface area contributed by atoms with E-state index in [9.17, 15) is 34.9 Å². The molecule has 11 nitrogen and oxygen atoms in total. The van der Waals surface area contributed by atoms with E-state index in [1.807, 2.05) is 0 Å². The molecule has 0 aliphatic carbocycles. The second kappa shape index (κ2) is 11.4. The summed E-state index contributed by atoms with van der Waals surface area (Å²) >= 11 is 0. The summed E-state index contributed by atoms with van der Waals surface area (Å²) in [4.78, 5) is 46.1. The van der Waals surface area contributed by atoms with Gasteiger partial charge >= 0.3 is 5.97 Å². The number of nitrogens with one attached hydrogen (secondary N) is 2. The van der Waals surface area contributed by atoms with Crippen molar-refractivity contribution >= 4 is 28.9 Å². The van der Waals surface area contributed by atoms with E-state index in [1.54, 1.807) is 60.7 Å². The van der Waals surface area contributed by atoms with E-state index >= 15 is 0 Å². The average Bonchev–Trinajstić information content (AvgIpc) is 2.84. The molecule has 1 amide bonds. The molecule has 35 heavy (non-hydrogen) atoms. The molecule has 2 unspecified atom stereocenters. The van der Waals surface area contributed by atoms with Crippen LogP contribution in [0.15, 0.2) is 78.9 Å². The number of hydrogen-bond donors (Lipinski definition) is 3. The first-order valence-electron chi connectivity index (χ1n) is 10.5. The molecule has 0 fully saturated rings. The second-order valence-electron chi connectivity index (χ2n) is 7.69. The molecular weight excluding hydrogens is 456 g/mol. The number of carboxylic acid groups (broad SMARTS) is 1. The van der Waals surface area contributed by atoms with E-state index in [0.717, 1.165) is 23.8 Å². The third kappa shape index (κ3) is 6.84. The van der Waals surface area contributed by atoms with Crippen LogP contribution in [-0.4, -0.2) is 38.9 Å². The number of carbonyl (C=O) groups is 2. The Balaban J connectivity index is 1.89. The van der Waals surface area contributed by atoms with Gasteiger partial charge in [-0.15, -0.1) is 0 Å². The number of aliphatic carboxylic acids is 1. The third-order valence-electron chi connectivity index (χ3n) is 5.21. The Morgan fingerprint density at radius 1 is 0.800 bits per heavy atom. The number of carbonyl (C=O) groups excluding carboxylic acids is 1. The molecule has 0 radical (unpaired) electrons. The summed E-state index contributed by atoms with van der Waals surface area (Å²) in [5, 5.41) is 37.5. The zero-order chi connectivity index (χ0) is 25.4. The Kier molecular flexibility index (Phi) is 8.06. The van der Waals surface area contributed by atoms with Crippen LogP contribution >= 0.6 is 0 Å². The fourth-order valence-corrected chi connectivity index (χ4v) is 3.48. The summed E-state index contributed by atoms with van der Waals surface area (Å²) in [6, 6.07) is 18.3. The van der Waals surface area contributed by atoms with Gasteiger partial charge in [-0.2, -0.15) is 0 Å². The van der Waals surface area contributed by atoms with Gasteiger partial charge in [-0.25, -0.2) is 4.79 Å². The van der Waals surface area contributed by atoms with Crippen LogP contribution in [-0.2, 0) is 22.4 Å². The monoisotopic (exact) mass is 478 g/mol. The highest BCUT2D eigenvalue weighted by Gasteiger charge is 2.28. The molecule has 0 spiro atoms. The lowest BCUT2D eigenvalue weighted by Gasteiger charge is -2.22. The largest absolute Gasteiger partial charge is 0.480 e. The Bertz CT molecular complexity index is 1220.